The van der Waals surface area contributed by atoms with Gasteiger partial charge in [0.1, 0.15) is 0 Å². The highest BCUT2D eigenvalue weighted by molar-refractivity contribution is 5.46. The SMILES string of the molecule is CCCCCCC.O=CNCc1ccccc1. The number of rotatable bonds is 7. The fourth-order valence-corrected chi connectivity index (χ4v) is 1.43. The van der Waals surface area contributed by atoms with Crippen LogP contribution < -0.4 is 5.32 Å². The Balaban J connectivity index is 0.000000325. The second-order valence-electron chi connectivity index (χ2n) is 4.05. The van der Waals surface area contributed by atoms with Gasteiger partial charge in [0, 0.05) is 6.54 Å². The summed E-state index contributed by atoms with van der Waals surface area (Å²) in [5.74, 6) is 0. The molecule has 1 N–H and O–H groups in total. The minimum Gasteiger partial charge on any atom is -0.355 e. The summed E-state index contributed by atoms with van der Waals surface area (Å²) in [7, 11) is 0. The Labute approximate surface area is 105 Å². The molecule has 0 heterocycles. The van der Waals surface area contributed by atoms with E-state index in [9.17, 15) is 4.79 Å². The van der Waals surface area contributed by atoms with Crippen molar-refractivity contribution in [3.05, 3.63) is 35.9 Å². The molecule has 0 saturated heterocycles. The van der Waals surface area contributed by atoms with Gasteiger partial charge in [0.25, 0.3) is 0 Å². The maximum atomic E-state index is 9.87. The molecule has 0 aliphatic rings. The highest BCUT2D eigenvalue weighted by Gasteiger charge is 1.85. The van der Waals surface area contributed by atoms with Crippen LogP contribution in [-0.4, -0.2) is 6.41 Å². The number of hydrogen-bond acceptors (Lipinski definition) is 1. The van der Waals surface area contributed by atoms with E-state index in [2.05, 4.69) is 19.2 Å². The van der Waals surface area contributed by atoms with E-state index in [4.69, 9.17) is 0 Å². The number of carbonyl (C=O) groups is 1. The fraction of sp³-hybridized carbons (Fsp3) is 0.533. The van der Waals surface area contributed by atoms with Gasteiger partial charge in [0.2, 0.25) is 6.41 Å². The number of hydrogen-bond donors (Lipinski definition) is 1. The van der Waals surface area contributed by atoms with Crippen molar-refractivity contribution in [1.82, 2.24) is 5.32 Å². The lowest BCUT2D eigenvalue weighted by Gasteiger charge is -1.96. The second kappa shape index (κ2) is 12.8. The van der Waals surface area contributed by atoms with Crippen LogP contribution in [0.25, 0.3) is 0 Å². The van der Waals surface area contributed by atoms with Crippen LogP contribution in [0.2, 0.25) is 0 Å². The topological polar surface area (TPSA) is 29.1 Å². The molecule has 0 spiro atoms. The summed E-state index contributed by atoms with van der Waals surface area (Å²) in [5, 5.41) is 2.58. The van der Waals surface area contributed by atoms with Crippen LogP contribution in [-0.2, 0) is 11.3 Å². The zero-order valence-electron chi connectivity index (χ0n) is 11.1. The van der Waals surface area contributed by atoms with Gasteiger partial charge in [-0.25, -0.2) is 0 Å². The highest BCUT2D eigenvalue weighted by Crippen LogP contribution is 2.00. The van der Waals surface area contributed by atoms with Crippen molar-refractivity contribution in [2.24, 2.45) is 0 Å². The van der Waals surface area contributed by atoms with Crippen molar-refractivity contribution in [2.45, 2.75) is 52.5 Å². The molecule has 0 fully saturated rings. The lowest BCUT2D eigenvalue weighted by molar-refractivity contribution is -0.109. The van der Waals surface area contributed by atoms with E-state index in [1.54, 1.807) is 0 Å². The molecule has 96 valence electrons. The molecular weight excluding hydrogens is 210 g/mol. The fourth-order valence-electron chi connectivity index (χ4n) is 1.43. The average Bonchev–Trinajstić information content (AvgIpc) is 2.39. The van der Waals surface area contributed by atoms with Crippen molar-refractivity contribution in [1.29, 1.82) is 0 Å². The van der Waals surface area contributed by atoms with Gasteiger partial charge in [-0.15, -0.1) is 0 Å². The summed E-state index contributed by atoms with van der Waals surface area (Å²) >= 11 is 0. The van der Waals surface area contributed by atoms with Crippen LogP contribution >= 0.6 is 0 Å². The Morgan fingerprint density at radius 1 is 1.00 bits per heavy atom. The van der Waals surface area contributed by atoms with Gasteiger partial charge >= 0.3 is 0 Å². The maximum absolute atomic E-state index is 9.87. The molecule has 1 aromatic carbocycles. The standard InChI is InChI=1S/C8H9NO.C7H16/c10-7-9-6-8-4-2-1-3-5-8;1-3-5-7-6-4-2/h1-5,7H,6H2,(H,9,10);3-7H2,1-2H3. The summed E-state index contributed by atoms with van der Waals surface area (Å²) in [6.07, 6.45) is 7.71. The van der Waals surface area contributed by atoms with Crippen molar-refractivity contribution < 1.29 is 4.79 Å². The Kier molecular flexibility index (Phi) is 11.8. The number of nitrogens with one attached hydrogen (secondary N) is 1. The Morgan fingerprint density at radius 2 is 1.59 bits per heavy atom. The molecule has 0 aliphatic carbocycles. The third kappa shape index (κ3) is 11.0. The van der Waals surface area contributed by atoms with Crippen molar-refractivity contribution in [3.8, 4) is 0 Å². The van der Waals surface area contributed by atoms with E-state index in [-0.39, 0.29) is 0 Å². The third-order valence-electron chi connectivity index (χ3n) is 2.44. The molecule has 0 radical (unpaired) electrons. The summed E-state index contributed by atoms with van der Waals surface area (Å²) in [5.41, 5.74) is 1.12. The van der Waals surface area contributed by atoms with Gasteiger partial charge < -0.3 is 5.32 Å². The van der Waals surface area contributed by atoms with Crippen LogP contribution in [0.3, 0.4) is 0 Å². The number of benzene rings is 1. The molecule has 0 atom stereocenters. The van der Waals surface area contributed by atoms with E-state index < -0.39 is 0 Å². The van der Waals surface area contributed by atoms with Gasteiger partial charge in [-0.1, -0.05) is 76.3 Å². The van der Waals surface area contributed by atoms with E-state index >= 15 is 0 Å². The zero-order chi connectivity index (χ0) is 12.8. The maximum Gasteiger partial charge on any atom is 0.207 e. The molecular formula is C15H25NO. The van der Waals surface area contributed by atoms with Crippen LogP contribution in [0.4, 0.5) is 0 Å². The first-order valence-electron chi connectivity index (χ1n) is 6.56. The smallest absolute Gasteiger partial charge is 0.207 e. The van der Waals surface area contributed by atoms with Gasteiger partial charge in [0.15, 0.2) is 0 Å². The van der Waals surface area contributed by atoms with E-state index in [0.717, 1.165) is 5.56 Å². The molecule has 0 bridgehead atoms. The quantitative estimate of drug-likeness (QED) is 0.563. The normalized spacial score (nSPS) is 9.06. The van der Waals surface area contributed by atoms with Gasteiger partial charge in [-0.3, -0.25) is 4.79 Å². The number of unbranched alkanes of at least 4 members (excludes halogenated alkanes) is 4. The van der Waals surface area contributed by atoms with E-state index in [1.165, 1.54) is 32.1 Å². The predicted octanol–water partition coefficient (Wildman–Crippen LogP) is 3.91. The minimum absolute atomic E-state index is 0.615. The molecule has 0 unspecified atom stereocenters. The van der Waals surface area contributed by atoms with Crippen molar-refractivity contribution in [2.75, 3.05) is 0 Å². The lowest BCUT2D eigenvalue weighted by atomic mass is 10.2. The Bertz CT molecular complexity index is 255. The molecule has 2 heteroatoms. The van der Waals surface area contributed by atoms with E-state index in [1.807, 2.05) is 30.3 Å². The number of carbonyl (C=O) groups excluding carboxylic acids is 1. The zero-order valence-corrected chi connectivity index (χ0v) is 11.1. The molecule has 0 saturated carbocycles. The summed E-state index contributed by atoms with van der Waals surface area (Å²) in [4.78, 5) is 9.87. The predicted molar refractivity (Wildman–Crippen MR) is 73.8 cm³/mol. The first-order valence-corrected chi connectivity index (χ1v) is 6.56. The highest BCUT2D eigenvalue weighted by atomic mass is 16.1. The van der Waals surface area contributed by atoms with Crippen molar-refractivity contribution >= 4 is 6.41 Å². The summed E-state index contributed by atoms with van der Waals surface area (Å²) in [6.45, 7) is 5.11. The largest absolute Gasteiger partial charge is 0.355 e. The second-order valence-corrected chi connectivity index (χ2v) is 4.05. The van der Waals surface area contributed by atoms with Crippen LogP contribution in [0.5, 0.6) is 0 Å². The van der Waals surface area contributed by atoms with Gasteiger partial charge in [-0.05, 0) is 5.56 Å². The third-order valence-corrected chi connectivity index (χ3v) is 2.44. The minimum atomic E-state index is 0.615. The summed E-state index contributed by atoms with van der Waals surface area (Å²) < 4.78 is 0. The molecule has 17 heavy (non-hydrogen) atoms. The molecule has 1 amide bonds. The van der Waals surface area contributed by atoms with Gasteiger partial charge in [0.05, 0.1) is 0 Å². The number of amides is 1. The van der Waals surface area contributed by atoms with Crippen LogP contribution in [0, 0.1) is 0 Å². The molecule has 2 nitrogen and oxygen atoms in total. The lowest BCUT2D eigenvalue weighted by Crippen LogP contribution is -2.09. The first kappa shape index (κ1) is 15.7. The monoisotopic (exact) mass is 235 g/mol. The molecule has 1 rings (SSSR count). The summed E-state index contributed by atoms with van der Waals surface area (Å²) in [6, 6.07) is 9.78. The van der Waals surface area contributed by atoms with Crippen molar-refractivity contribution in [3.63, 3.8) is 0 Å². The molecule has 0 aromatic heterocycles. The first-order chi connectivity index (χ1) is 8.35. The Morgan fingerprint density at radius 3 is 2.06 bits per heavy atom. The van der Waals surface area contributed by atoms with E-state index in [0.29, 0.717) is 13.0 Å². The average molecular weight is 235 g/mol. The van der Waals surface area contributed by atoms with Gasteiger partial charge in [-0.2, -0.15) is 0 Å². The molecule has 1 aromatic rings. The van der Waals surface area contributed by atoms with Crippen LogP contribution in [0.1, 0.15) is 51.5 Å². The van der Waals surface area contributed by atoms with Crippen LogP contribution in [0.15, 0.2) is 30.3 Å². The molecule has 0 aliphatic heterocycles. The Hall–Kier alpha value is -1.31.